The van der Waals surface area contributed by atoms with Gasteiger partial charge in [-0.2, -0.15) is 0 Å². The molecule has 2 N–H and O–H groups in total. The molecule has 1 aromatic carbocycles. The summed E-state index contributed by atoms with van der Waals surface area (Å²) in [6.07, 6.45) is 1.83. The van der Waals surface area contributed by atoms with Crippen LogP contribution in [0.25, 0.3) is 0 Å². The van der Waals surface area contributed by atoms with Crippen molar-refractivity contribution in [3.63, 3.8) is 0 Å². The first-order chi connectivity index (χ1) is 9.05. The number of hydrogen-bond donors (Lipinski definition) is 2. The SMILES string of the molecule is CCc1ccc(OC)c(C(C)(C)CNCCCO)c1. The van der Waals surface area contributed by atoms with Crippen LogP contribution >= 0.6 is 0 Å². The Hall–Kier alpha value is -1.06. The van der Waals surface area contributed by atoms with Gasteiger partial charge < -0.3 is 15.2 Å². The van der Waals surface area contributed by atoms with Crippen LogP contribution in [0.3, 0.4) is 0 Å². The number of benzene rings is 1. The van der Waals surface area contributed by atoms with Crippen molar-refractivity contribution in [3.8, 4) is 5.75 Å². The van der Waals surface area contributed by atoms with E-state index >= 15 is 0 Å². The van der Waals surface area contributed by atoms with E-state index in [1.54, 1.807) is 7.11 Å². The Morgan fingerprint density at radius 1 is 1.32 bits per heavy atom. The van der Waals surface area contributed by atoms with Crippen LogP contribution in [0, 0.1) is 0 Å². The highest BCUT2D eigenvalue weighted by molar-refractivity contribution is 5.42. The molecule has 0 aliphatic rings. The lowest BCUT2D eigenvalue weighted by molar-refractivity contribution is 0.283. The number of ether oxygens (including phenoxy) is 1. The van der Waals surface area contributed by atoms with Gasteiger partial charge in [-0.05, 0) is 31.0 Å². The Morgan fingerprint density at radius 2 is 2.05 bits per heavy atom. The Morgan fingerprint density at radius 3 is 2.63 bits per heavy atom. The van der Waals surface area contributed by atoms with Crippen LogP contribution in [0.2, 0.25) is 0 Å². The summed E-state index contributed by atoms with van der Waals surface area (Å²) in [5.41, 5.74) is 2.58. The molecule has 1 rings (SSSR count). The lowest BCUT2D eigenvalue weighted by atomic mass is 9.82. The maximum atomic E-state index is 8.80. The van der Waals surface area contributed by atoms with E-state index in [1.165, 1.54) is 11.1 Å². The molecule has 0 saturated carbocycles. The molecule has 3 heteroatoms. The molecule has 19 heavy (non-hydrogen) atoms. The average molecular weight is 265 g/mol. The predicted octanol–water partition coefficient (Wildman–Crippen LogP) is 2.51. The third kappa shape index (κ3) is 4.51. The molecule has 0 aromatic heterocycles. The largest absolute Gasteiger partial charge is 0.496 e. The Labute approximate surface area is 117 Å². The first-order valence-electron chi connectivity index (χ1n) is 7.04. The van der Waals surface area contributed by atoms with Crippen LogP contribution in [0.1, 0.15) is 38.3 Å². The van der Waals surface area contributed by atoms with Crippen molar-refractivity contribution in [2.75, 3.05) is 26.8 Å². The summed E-state index contributed by atoms with van der Waals surface area (Å²) in [6, 6.07) is 6.42. The second kappa shape index (κ2) is 7.51. The minimum Gasteiger partial charge on any atom is -0.496 e. The van der Waals surface area contributed by atoms with E-state index in [4.69, 9.17) is 9.84 Å². The predicted molar refractivity (Wildman–Crippen MR) is 80.0 cm³/mol. The molecule has 0 aliphatic carbocycles. The molecule has 0 radical (unpaired) electrons. The molecule has 0 amide bonds. The highest BCUT2D eigenvalue weighted by Gasteiger charge is 2.24. The summed E-state index contributed by atoms with van der Waals surface area (Å²) >= 11 is 0. The molecule has 1 aromatic rings. The van der Waals surface area contributed by atoms with E-state index in [0.29, 0.717) is 0 Å². The summed E-state index contributed by atoms with van der Waals surface area (Å²) in [6.45, 7) is 8.55. The van der Waals surface area contributed by atoms with Gasteiger partial charge in [0.25, 0.3) is 0 Å². The number of aliphatic hydroxyl groups excluding tert-OH is 1. The van der Waals surface area contributed by atoms with Crippen molar-refractivity contribution >= 4 is 0 Å². The third-order valence-electron chi connectivity index (χ3n) is 3.48. The van der Waals surface area contributed by atoms with E-state index < -0.39 is 0 Å². The average Bonchev–Trinajstić information content (AvgIpc) is 2.43. The second-order valence-electron chi connectivity index (χ2n) is 5.53. The smallest absolute Gasteiger partial charge is 0.122 e. The second-order valence-corrected chi connectivity index (χ2v) is 5.53. The maximum absolute atomic E-state index is 8.80. The lowest BCUT2D eigenvalue weighted by Crippen LogP contribution is -2.34. The Bertz CT molecular complexity index is 388. The minimum absolute atomic E-state index is 0.00593. The van der Waals surface area contributed by atoms with Crippen molar-refractivity contribution in [1.82, 2.24) is 5.32 Å². The fourth-order valence-corrected chi connectivity index (χ4v) is 2.20. The quantitative estimate of drug-likeness (QED) is 0.710. The van der Waals surface area contributed by atoms with Crippen molar-refractivity contribution in [2.24, 2.45) is 0 Å². The Kier molecular flexibility index (Phi) is 6.32. The van der Waals surface area contributed by atoms with Crippen LogP contribution in [0.5, 0.6) is 5.75 Å². The van der Waals surface area contributed by atoms with Gasteiger partial charge in [0.1, 0.15) is 5.75 Å². The molecule has 0 aliphatic heterocycles. The summed E-state index contributed by atoms with van der Waals surface area (Å²) in [5, 5.41) is 12.2. The number of nitrogens with one attached hydrogen (secondary N) is 1. The summed E-state index contributed by atoms with van der Waals surface area (Å²) in [5.74, 6) is 0.950. The van der Waals surface area contributed by atoms with Crippen LogP contribution in [0.15, 0.2) is 18.2 Å². The van der Waals surface area contributed by atoms with Gasteiger partial charge in [0.2, 0.25) is 0 Å². The first-order valence-corrected chi connectivity index (χ1v) is 7.04. The first kappa shape index (κ1) is 16.0. The molecular weight excluding hydrogens is 238 g/mol. The van der Waals surface area contributed by atoms with Crippen LogP contribution in [-0.2, 0) is 11.8 Å². The molecule has 0 bridgehead atoms. The molecule has 0 fully saturated rings. The molecule has 108 valence electrons. The maximum Gasteiger partial charge on any atom is 0.122 e. The molecular formula is C16H27NO2. The monoisotopic (exact) mass is 265 g/mol. The number of hydrogen-bond acceptors (Lipinski definition) is 3. The van der Waals surface area contributed by atoms with Gasteiger partial charge in [0.05, 0.1) is 7.11 Å². The number of rotatable bonds is 8. The van der Waals surface area contributed by atoms with Gasteiger partial charge in [-0.15, -0.1) is 0 Å². The highest BCUT2D eigenvalue weighted by atomic mass is 16.5. The zero-order chi connectivity index (χ0) is 14.3. The molecule has 0 unspecified atom stereocenters. The molecule has 0 saturated heterocycles. The number of methoxy groups -OCH3 is 1. The van der Waals surface area contributed by atoms with Gasteiger partial charge in [0.15, 0.2) is 0 Å². The van der Waals surface area contributed by atoms with E-state index in [0.717, 1.165) is 31.7 Å². The highest BCUT2D eigenvalue weighted by Crippen LogP contribution is 2.32. The van der Waals surface area contributed by atoms with Crippen molar-refractivity contribution in [2.45, 2.75) is 39.0 Å². The standard InChI is InChI=1S/C16H27NO2/c1-5-13-7-8-15(19-4)14(11-13)16(2,3)12-17-9-6-10-18/h7-8,11,17-18H,5-6,9-10,12H2,1-4H3. The summed E-state index contributed by atoms with van der Waals surface area (Å²) in [7, 11) is 1.72. The molecule has 0 spiro atoms. The summed E-state index contributed by atoms with van der Waals surface area (Å²) in [4.78, 5) is 0. The van der Waals surface area contributed by atoms with E-state index in [1.807, 2.05) is 0 Å². The zero-order valence-corrected chi connectivity index (χ0v) is 12.6. The minimum atomic E-state index is 0.00593. The van der Waals surface area contributed by atoms with Crippen molar-refractivity contribution in [3.05, 3.63) is 29.3 Å². The normalized spacial score (nSPS) is 11.6. The van der Waals surface area contributed by atoms with Crippen LogP contribution in [0.4, 0.5) is 0 Å². The van der Waals surface area contributed by atoms with Crippen LogP contribution < -0.4 is 10.1 Å². The van der Waals surface area contributed by atoms with Gasteiger partial charge in [0, 0.05) is 24.1 Å². The molecule has 0 heterocycles. The van der Waals surface area contributed by atoms with E-state index in [9.17, 15) is 0 Å². The Balaban J connectivity index is 2.85. The van der Waals surface area contributed by atoms with Gasteiger partial charge in [-0.3, -0.25) is 0 Å². The molecule has 3 nitrogen and oxygen atoms in total. The zero-order valence-electron chi connectivity index (χ0n) is 12.6. The van der Waals surface area contributed by atoms with Crippen LogP contribution in [-0.4, -0.2) is 31.9 Å². The van der Waals surface area contributed by atoms with E-state index in [-0.39, 0.29) is 12.0 Å². The van der Waals surface area contributed by atoms with Gasteiger partial charge in [-0.25, -0.2) is 0 Å². The number of aryl methyl sites for hydroxylation is 1. The summed E-state index contributed by atoms with van der Waals surface area (Å²) < 4.78 is 5.49. The topological polar surface area (TPSA) is 41.5 Å². The van der Waals surface area contributed by atoms with Crippen molar-refractivity contribution < 1.29 is 9.84 Å². The van der Waals surface area contributed by atoms with Gasteiger partial charge in [-0.1, -0.05) is 32.9 Å². The fourth-order valence-electron chi connectivity index (χ4n) is 2.20. The van der Waals surface area contributed by atoms with Crippen molar-refractivity contribution in [1.29, 1.82) is 0 Å². The van der Waals surface area contributed by atoms with E-state index in [2.05, 4.69) is 44.3 Å². The molecule has 0 atom stereocenters. The fraction of sp³-hybridized carbons (Fsp3) is 0.625. The lowest BCUT2D eigenvalue weighted by Gasteiger charge is -2.28. The van der Waals surface area contributed by atoms with Gasteiger partial charge >= 0.3 is 0 Å². The number of aliphatic hydroxyl groups is 1. The third-order valence-corrected chi connectivity index (χ3v) is 3.48.